The van der Waals surface area contributed by atoms with Crippen LogP contribution in [-0.2, 0) is 16.0 Å². The molecular formula is C19H31N3O2. The van der Waals surface area contributed by atoms with Crippen LogP contribution in [0.2, 0.25) is 0 Å². The zero-order valence-electron chi connectivity index (χ0n) is 15.4. The van der Waals surface area contributed by atoms with E-state index < -0.39 is 6.04 Å². The number of nitrogens with two attached hydrogens (primary N) is 1. The maximum Gasteiger partial charge on any atom is 0.239 e. The molecule has 4 N–H and O–H groups in total. The Morgan fingerprint density at radius 3 is 2.08 bits per heavy atom. The molecule has 2 atom stereocenters. The largest absolute Gasteiger partial charge is 0.348 e. The van der Waals surface area contributed by atoms with E-state index in [1.807, 2.05) is 13.8 Å². The van der Waals surface area contributed by atoms with Gasteiger partial charge in [-0.2, -0.15) is 0 Å². The van der Waals surface area contributed by atoms with Crippen LogP contribution in [0.4, 0.5) is 0 Å². The van der Waals surface area contributed by atoms with Gasteiger partial charge >= 0.3 is 0 Å². The van der Waals surface area contributed by atoms with Crippen molar-refractivity contribution in [3.63, 3.8) is 0 Å². The van der Waals surface area contributed by atoms with Gasteiger partial charge in [0.2, 0.25) is 11.8 Å². The van der Waals surface area contributed by atoms with Gasteiger partial charge in [-0.1, -0.05) is 58.9 Å². The van der Waals surface area contributed by atoms with Crippen molar-refractivity contribution in [2.45, 2.75) is 53.1 Å². The van der Waals surface area contributed by atoms with Crippen molar-refractivity contribution >= 4 is 11.8 Å². The molecule has 0 aliphatic heterocycles. The van der Waals surface area contributed by atoms with E-state index in [1.165, 1.54) is 5.56 Å². The van der Waals surface area contributed by atoms with E-state index in [4.69, 9.17) is 5.73 Å². The molecule has 0 aromatic heterocycles. The van der Waals surface area contributed by atoms with Crippen LogP contribution in [0.15, 0.2) is 24.3 Å². The lowest BCUT2D eigenvalue weighted by molar-refractivity contribution is -0.127. The molecule has 24 heavy (non-hydrogen) atoms. The molecule has 5 heteroatoms. The summed E-state index contributed by atoms with van der Waals surface area (Å²) in [6.07, 6.45) is 0.987. The smallest absolute Gasteiger partial charge is 0.239 e. The Labute approximate surface area is 145 Å². The molecule has 2 amide bonds. The zero-order valence-corrected chi connectivity index (χ0v) is 15.4. The fourth-order valence-corrected chi connectivity index (χ4v) is 2.41. The summed E-state index contributed by atoms with van der Waals surface area (Å²) in [5.41, 5.74) is 8.11. The number of hydrogen-bond acceptors (Lipinski definition) is 3. The lowest BCUT2D eigenvalue weighted by Crippen LogP contribution is -2.47. The molecule has 1 aromatic rings. The molecule has 0 aliphatic rings. The van der Waals surface area contributed by atoms with Crippen LogP contribution in [0.5, 0.6) is 0 Å². The number of hydrogen-bond donors (Lipinski definition) is 3. The Balaban J connectivity index is 2.64. The van der Waals surface area contributed by atoms with Crippen molar-refractivity contribution in [2.24, 2.45) is 17.6 Å². The molecule has 1 unspecified atom stereocenters. The number of nitrogens with one attached hydrogen (secondary N) is 2. The first-order valence-electron chi connectivity index (χ1n) is 8.67. The topological polar surface area (TPSA) is 84.2 Å². The Hall–Kier alpha value is -1.88. The minimum atomic E-state index is -0.597. The van der Waals surface area contributed by atoms with Gasteiger partial charge in [-0.25, -0.2) is 0 Å². The van der Waals surface area contributed by atoms with Gasteiger partial charge in [0.25, 0.3) is 0 Å². The van der Waals surface area contributed by atoms with Gasteiger partial charge in [0.05, 0.1) is 18.6 Å². The fraction of sp³-hybridized carbons (Fsp3) is 0.579. The molecular weight excluding hydrogens is 302 g/mol. The summed E-state index contributed by atoms with van der Waals surface area (Å²) in [4.78, 5) is 24.0. The molecule has 0 saturated carbocycles. The number of carbonyl (C=O) groups excluding carboxylic acids is 2. The average Bonchev–Trinajstić information content (AvgIpc) is 2.56. The summed E-state index contributed by atoms with van der Waals surface area (Å²) in [6, 6.07) is 7.59. The monoisotopic (exact) mass is 333 g/mol. The van der Waals surface area contributed by atoms with E-state index in [0.29, 0.717) is 0 Å². The van der Waals surface area contributed by atoms with Crippen molar-refractivity contribution in [3.8, 4) is 0 Å². The predicted octanol–water partition coefficient (Wildman–Crippen LogP) is 2.16. The van der Waals surface area contributed by atoms with Gasteiger partial charge in [-0.3, -0.25) is 9.59 Å². The Morgan fingerprint density at radius 1 is 1.04 bits per heavy atom. The number of amides is 2. The van der Waals surface area contributed by atoms with Crippen molar-refractivity contribution in [1.29, 1.82) is 0 Å². The zero-order chi connectivity index (χ0) is 18.3. The minimum Gasteiger partial charge on any atom is -0.348 e. The van der Waals surface area contributed by atoms with E-state index in [0.717, 1.165) is 12.0 Å². The van der Waals surface area contributed by atoms with Crippen LogP contribution in [0.1, 0.15) is 51.8 Å². The van der Waals surface area contributed by atoms with Crippen LogP contribution < -0.4 is 16.4 Å². The molecule has 1 aromatic carbocycles. The van der Waals surface area contributed by atoms with Crippen LogP contribution >= 0.6 is 0 Å². The maximum atomic E-state index is 12.2. The predicted molar refractivity (Wildman–Crippen MR) is 97.4 cm³/mol. The molecule has 0 fully saturated rings. The van der Waals surface area contributed by atoms with E-state index in [-0.39, 0.29) is 36.2 Å². The van der Waals surface area contributed by atoms with Gasteiger partial charge in [0, 0.05) is 0 Å². The first-order chi connectivity index (χ1) is 11.3. The molecule has 0 spiro atoms. The molecule has 0 heterocycles. The minimum absolute atomic E-state index is 0.0357. The number of aryl methyl sites for hydroxylation is 1. The fourth-order valence-electron chi connectivity index (χ4n) is 2.41. The van der Waals surface area contributed by atoms with E-state index in [9.17, 15) is 9.59 Å². The van der Waals surface area contributed by atoms with Crippen LogP contribution in [0.25, 0.3) is 0 Å². The highest BCUT2D eigenvalue weighted by molar-refractivity contribution is 5.87. The van der Waals surface area contributed by atoms with Crippen molar-refractivity contribution < 1.29 is 9.59 Å². The van der Waals surface area contributed by atoms with Crippen LogP contribution in [-0.4, -0.2) is 24.4 Å². The van der Waals surface area contributed by atoms with Gasteiger partial charge in [0.1, 0.15) is 0 Å². The Morgan fingerprint density at radius 2 is 1.62 bits per heavy atom. The molecule has 0 bridgehead atoms. The maximum absolute atomic E-state index is 12.2. The highest BCUT2D eigenvalue weighted by atomic mass is 16.2. The summed E-state index contributed by atoms with van der Waals surface area (Å²) >= 11 is 0. The van der Waals surface area contributed by atoms with Crippen LogP contribution in [0.3, 0.4) is 0 Å². The Kier molecular flexibility index (Phi) is 7.92. The van der Waals surface area contributed by atoms with E-state index in [2.05, 4.69) is 55.7 Å². The molecule has 0 aliphatic carbocycles. The number of benzene rings is 1. The van der Waals surface area contributed by atoms with E-state index in [1.54, 1.807) is 0 Å². The van der Waals surface area contributed by atoms with E-state index >= 15 is 0 Å². The normalized spacial score (nSPS) is 13.7. The SMILES string of the molecule is CCc1ccc(C(NC(=O)CNC(=O)[C@@H](N)C(C)C)C(C)C)cc1. The summed E-state index contributed by atoms with van der Waals surface area (Å²) < 4.78 is 0. The second kappa shape index (κ2) is 9.42. The lowest BCUT2D eigenvalue weighted by atomic mass is 9.95. The summed E-state index contributed by atoms with van der Waals surface area (Å²) in [6.45, 7) is 9.92. The van der Waals surface area contributed by atoms with Crippen molar-refractivity contribution in [3.05, 3.63) is 35.4 Å². The quantitative estimate of drug-likeness (QED) is 0.681. The van der Waals surface area contributed by atoms with Crippen LogP contribution in [0, 0.1) is 11.8 Å². The van der Waals surface area contributed by atoms with Crippen molar-refractivity contribution in [1.82, 2.24) is 10.6 Å². The molecule has 0 saturated heterocycles. The second-order valence-electron chi connectivity index (χ2n) is 6.87. The van der Waals surface area contributed by atoms with Gasteiger partial charge in [-0.15, -0.1) is 0 Å². The number of carbonyl (C=O) groups is 2. The third-order valence-corrected chi connectivity index (χ3v) is 4.17. The first-order valence-corrected chi connectivity index (χ1v) is 8.67. The third-order valence-electron chi connectivity index (χ3n) is 4.17. The second-order valence-corrected chi connectivity index (χ2v) is 6.87. The number of rotatable bonds is 8. The van der Waals surface area contributed by atoms with Crippen molar-refractivity contribution in [2.75, 3.05) is 6.54 Å². The van der Waals surface area contributed by atoms with Gasteiger partial charge in [-0.05, 0) is 29.4 Å². The summed E-state index contributed by atoms with van der Waals surface area (Å²) in [7, 11) is 0. The molecule has 134 valence electrons. The highest BCUT2D eigenvalue weighted by Crippen LogP contribution is 2.22. The summed E-state index contributed by atoms with van der Waals surface area (Å²) in [5.74, 6) is -0.227. The summed E-state index contributed by atoms with van der Waals surface area (Å²) in [5, 5.41) is 5.60. The van der Waals surface area contributed by atoms with Gasteiger partial charge < -0.3 is 16.4 Å². The third kappa shape index (κ3) is 5.96. The molecule has 0 radical (unpaired) electrons. The lowest BCUT2D eigenvalue weighted by Gasteiger charge is -2.23. The first kappa shape index (κ1) is 20.2. The average molecular weight is 333 g/mol. The molecule has 5 nitrogen and oxygen atoms in total. The Bertz CT molecular complexity index is 538. The van der Waals surface area contributed by atoms with Gasteiger partial charge in [0.15, 0.2) is 0 Å². The standard InChI is InChI=1S/C19H31N3O2/c1-6-14-7-9-15(10-8-14)18(13(4)5)22-16(23)11-21-19(24)17(20)12(2)3/h7-10,12-13,17-18H,6,11,20H2,1-5H3,(H,21,24)(H,22,23)/t17-,18?/m0/s1. The highest BCUT2D eigenvalue weighted by Gasteiger charge is 2.20. The molecule has 1 rings (SSSR count).